The standard InChI is InChI=1S/C20H31N3/c1-5-7-13-23(14-8-6-2)15-19-17(4)21-20(22-19)18-11-9-16(3)10-12-18/h9-12H,5-8,13-15H2,1-4H3,(H,21,22). The van der Waals surface area contributed by atoms with Gasteiger partial charge in [0.2, 0.25) is 0 Å². The van der Waals surface area contributed by atoms with Gasteiger partial charge in [-0.05, 0) is 39.8 Å². The number of H-pyrrole nitrogens is 1. The van der Waals surface area contributed by atoms with E-state index >= 15 is 0 Å². The molecule has 23 heavy (non-hydrogen) atoms. The van der Waals surface area contributed by atoms with Crippen molar-refractivity contribution in [2.24, 2.45) is 0 Å². The Morgan fingerprint density at radius 1 is 0.957 bits per heavy atom. The van der Waals surface area contributed by atoms with E-state index < -0.39 is 0 Å². The summed E-state index contributed by atoms with van der Waals surface area (Å²) in [6.07, 6.45) is 5.02. The molecule has 1 aromatic carbocycles. The van der Waals surface area contributed by atoms with Crippen LogP contribution in [0.4, 0.5) is 0 Å². The second-order valence-corrected chi connectivity index (χ2v) is 6.51. The molecule has 0 bridgehead atoms. The van der Waals surface area contributed by atoms with Crippen LogP contribution in [0, 0.1) is 13.8 Å². The third kappa shape index (κ3) is 5.21. The Balaban J connectivity index is 2.10. The highest BCUT2D eigenvalue weighted by Crippen LogP contribution is 2.20. The molecule has 3 heteroatoms. The normalized spacial score (nSPS) is 11.3. The third-order valence-corrected chi connectivity index (χ3v) is 4.34. The maximum absolute atomic E-state index is 4.87. The monoisotopic (exact) mass is 313 g/mol. The lowest BCUT2D eigenvalue weighted by atomic mass is 10.1. The number of nitrogens with one attached hydrogen (secondary N) is 1. The van der Waals surface area contributed by atoms with Crippen LogP contribution in [0.2, 0.25) is 0 Å². The number of aromatic amines is 1. The van der Waals surface area contributed by atoms with Gasteiger partial charge in [0.05, 0.1) is 5.69 Å². The highest BCUT2D eigenvalue weighted by atomic mass is 15.1. The van der Waals surface area contributed by atoms with Crippen molar-refractivity contribution in [3.05, 3.63) is 41.2 Å². The van der Waals surface area contributed by atoms with E-state index in [1.165, 1.54) is 61.3 Å². The van der Waals surface area contributed by atoms with Crippen LogP contribution in [0.1, 0.15) is 56.5 Å². The van der Waals surface area contributed by atoms with Gasteiger partial charge in [0.15, 0.2) is 0 Å². The Hall–Kier alpha value is -1.61. The first-order valence-electron chi connectivity index (χ1n) is 8.99. The average molecular weight is 313 g/mol. The van der Waals surface area contributed by atoms with Crippen LogP contribution in [-0.4, -0.2) is 28.0 Å². The molecule has 1 N–H and O–H groups in total. The molecule has 1 aromatic heterocycles. The minimum atomic E-state index is 0.953. The van der Waals surface area contributed by atoms with Gasteiger partial charge in [-0.25, -0.2) is 4.98 Å². The topological polar surface area (TPSA) is 31.9 Å². The van der Waals surface area contributed by atoms with Gasteiger partial charge >= 0.3 is 0 Å². The fraction of sp³-hybridized carbons (Fsp3) is 0.550. The zero-order valence-electron chi connectivity index (χ0n) is 15.2. The predicted octanol–water partition coefficient (Wildman–Crippen LogP) is 5.10. The summed E-state index contributed by atoms with van der Waals surface area (Å²) < 4.78 is 0. The van der Waals surface area contributed by atoms with Crippen molar-refractivity contribution in [1.29, 1.82) is 0 Å². The molecular weight excluding hydrogens is 282 g/mol. The second kappa shape index (κ2) is 8.88. The number of imidazole rings is 1. The molecule has 3 nitrogen and oxygen atoms in total. The van der Waals surface area contributed by atoms with E-state index in [0.29, 0.717) is 0 Å². The summed E-state index contributed by atoms with van der Waals surface area (Å²) in [6, 6.07) is 8.57. The van der Waals surface area contributed by atoms with Crippen molar-refractivity contribution in [2.75, 3.05) is 13.1 Å². The molecule has 0 atom stereocenters. The zero-order valence-corrected chi connectivity index (χ0v) is 15.2. The van der Waals surface area contributed by atoms with Crippen LogP contribution < -0.4 is 0 Å². The summed E-state index contributed by atoms with van der Waals surface area (Å²) in [7, 11) is 0. The molecule has 0 aliphatic carbocycles. The Labute approximate surface area is 141 Å². The number of hydrogen-bond acceptors (Lipinski definition) is 2. The summed E-state index contributed by atoms with van der Waals surface area (Å²) >= 11 is 0. The van der Waals surface area contributed by atoms with E-state index in [-0.39, 0.29) is 0 Å². The van der Waals surface area contributed by atoms with Gasteiger partial charge in [0.25, 0.3) is 0 Å². The quantitative estimate of drug-likeness (QED) is 0.699. The second-order valence-electron chi connectivity index (χ2n) is 6.51. The molecule has 1 heterocycles. The molecule has 0 saturated carbocycles. The van der Waals surface area contributed by atoms with Gasteiger partial charge in [-0.3, -0.25) is 4.90 Å². The van der Waals surface area contributed by atoms with E-state index in [2.05, 4.69) is 61.8 Å². The molecule has 0 fully saturated rings. The van der Waals surface area contributed by atoms with E-state index in [4.69, 9.17) is 4.98 Å². The highest BCUT2D eigenvalue weighted by Gasteiger charge is 2.12. The molecular formula is C20H31N3. The lowest BCUT2D eigenvalue weighted by molar-refractivity contribution is 0.254. The number of rotatable bonds is 9. The molecule has 0 spiro atoms. The summed E-state index contributed by atoms with van der Waals surface area (Å²) in [5.74, 6) is 0.989. The first kappa shape index (κ1) is 17.7. The fourth-order valence-corrected chi connectivity index (χ4v) is 2.74. The Morgan fingerprint density at radius 3 is 2.13 bits per heavy atom. The smallest absolute Gasteiger partial charge is 0.137 e. The van der Waals surface area contributed by atoms with Crippen molar-refractivity contribution in [3.8, 4) is 11.4 Å². The minimum absolute atomic E-state index is 0.953. The third-order valence-electron chi connectivity index (χ3n) is 4.34. The maximum Gasteiger partial charge on any atom is 0.137 e. The maximum atomic E-state index is 4.87. The number of aryl methyl sites for hydroxylation is 2. The molecule has 0 radical (unpaired) electrons. The Bertz CT molecular complexity index is 575. The van der Waals surface area contributed by atoms with Crippen LogP contribution in [0.5, 0.6) is 0 Å². The lowest BCUT2D eigenvalue weighted by Gasteiger charge is -2.21. The number of benzene rings is 1. The van der Waals surface area contributed by atoms with Crippen molar-refractivity contribution < 1.29 is 0 Å². The minimum Gasteiger partial charge on any atom is -0.342 e. The number of hydrogen-bond donors (Lipinski definition) is 1. The van der Waals surface area contributed by atoms with Crippen LogP contribution >= 0.6 is 0 Å². The first-order chi connectivity index (χ1) is 11.1. The van der Waals surface area contributed by atoms with Crippen LogP contribution in [0.3, 0.4) is 0 Å². The van der Waals surface area contributed by atoms with Crippen molar-refractivity contribution in [3.63, 3.8) is 0 Å². The SMILES string of the molecule is CCCCN(CCCC)Cc1nc(-c2ccc(C)cc2)[nH]c1C. The largest absolute Gasteiger partial charge is 0.342 e. The summed E-state index contributed by atoms with van der Waals surface area (Å²) in [6.45, 7) is 12.1. The average Bonchev–Trinajstić information content (AvgIpc) is 2.91. The van der Waals surface area contributed by atoms with E-state index in [0.717, 1.165) is 12.4 Å². The van der Waals surface area contributed by atoms with E-state index in [1.807, 2.05) is 0 Å². The van der Waals surface area contributed by atoms with Gasteiger partial charge in [-0.15, -0.1) is 0 Å². The molecule has 0 aliphatic heterocycles. The summed E-state index contributed by atoms with van der Waals surface area (Å²) in [5, 5.41) is 0. The molecule has 2 rings (SSSR count). The van der Waals surface area contributed by atoms with Crippen LogP contribution in [0.25, 0.3) is 11.4 Å². The number of nitrogens with zero attached hydrogens (tertiary/aromatic N) is 2. The van der Waals surface area contributed by atoms with Gasteiger partial charge in [0, 0.05) is 17.8 Å². The van der Waals surface area contributed by atoms with Gasteiger partial charge in [-0.1, -0.05) is 56.5 Å². The molecule has 2 aromatic rings. The lowest BCUT2D eigenvalue weighted by Crippen LogP contribution is -2.26. The first-order valence-corrected chi connectivity index (χ1v) is 8.99. The van der Waals surface area contributed by atoms with Crippen LogP contribution in [-0.2, 0) is 6.54 Å². The van der Waals surface area contributed by atoms with Crippen LogP contribution in [0.15, 0.2) is 24.3 Å². The Morgan fingerprint density at radius 2 is 1.57 bits per heavy atom. The molecule has 0 saturated heterocycles. The molecule has 0 aliphatic rings. The van der Waals surface area contributed by atoms with Crippen molar-refractivity contribution in [2.45, 2.75) is 59.9 Å². The fourth-order valence-electron chi connectivity index (χ4n) is 2.74. The molecule has 0 amide bonds. The summed E-state index contributed by atoms with van der Waals surface area (Å²) in [4.78, 5) is 10.9. The van der Waals surface area contributed by atoms with Crippen molar-refractivity contribution in [1.82, 2.24) is 14.9 Å². The summed E-state index contributed by atoms with van der Waals surface area (Å²) in [5.41, 5.74) is 4.83. The van der Waals surface area contributed by atoms with E-state index in [1.54, 1.807) is 0 Å². The van der Waals surface area contributed by atoms with E-state index in [9.17, 15) is 0 Å². The van der Waals surface area contributed by atoms with Gasteiger partial charge < -0.3 is 4.98 Å². The van der Waals surface area contributed by atoms with Gasteiger partial charge in [-0.2, -0.15) is 0 Å². The number of unbranched alkanes of at least 4 members (excludes halogenated alkanes) is 2. The molecule has 126 valence electrons. The van der Waals surface area contributed by atoms with Crippen molar-refractivity contribution >= 4 is 0 Å². The number of aromatic nitrogens is 2. The predicted molar refractivity (Wildman–Crippen MR) is 98.6 cm³/mol. The Kier molecular flexibility index (Phi) is 6.85. The highest BCUT2D eigenvalue weighted by molar-refractivity contribution is 5.56. The molecule has 0 unspecified atom stereocenters. The zero-order chi connectivity index (χ0) is 16.7. The van der Waals surface area contributed by atoms with Gasteiger partial charge in [0.1, 0.15) is 5.82 Å².